The molecule has 1 unspecified atom stereocenters. The molecule has 6 rings (SSSR count). The van der Waals surface area contributed by atoms with Crippen LogP contribution in [0.15, 0.2) is 84.0 Å². The summed E-state index contributed by atoms with van der Waals surface area (Å²) in [7, 11) is 0. The summed E-state index contributed by atoms with van der Waals surface area (Å²) in [6.07, 6.45) is 6.09. The number of piperazine rings is 1. The van der Waals surface area contributed by atoms with Crippen molar-refractivity contribution in [2.45, 2.75) is 56.4 Å². The van der Waals surface area contributed by atoms with Crippen molar-refractivity contribution in [1.29, 1.82) is 0 Å². The Morgan fingerprint density at radius 2 is 1.57 bits per heavy atom. The molecule has 208 valence electrons. The minimum Gasteiger partial charge on any atom is -0.478 e. The summed E-state index contributed by atoms with van der Waals surface area (Å²) in [5, 5.41) is 17.6. The second-order valence-electron chi connectivity index (χ2n) is 11.0. The third-order valence-electron chi connectivity index (χ3n) is 8.71. The van der Waals surface area contributed by atoms with Crippen molar-refractivity contribution in [3.8, 4) is 0 Å². The molecule has 0 aromatic heterocycles. The Balaban J connectivity index is 1.10. The van der Waals surface area contributed by atoms with Crippen molar-refractivity contribution in [2.75, 3.05) is 36.1 Å². The highest BCUT2D eigenvalue weighted by molar-refractivity contribution is 8.15. The van der Waals surface area contributed by atoms with E-state index in [1.165, 1.54) is 36.9 Å². The van der Waals surface area contributed by atoms with Crippen molar-refractivity contribution in [1.82, 2.24) is 4.90 Å². The lowest BCUT2D eigenvalue weighted by Crippen LogP contribution is -2.51. The molecule has 3 aromatic carbocycles. The summed E-state index contributed by atoms with van der Waals surface area (Å²) in [6, 6.07) is 27.6. The normalized spacial score (nSPS) is 23.7. The van der Waals surface area contributed by atoms with Crippen molar-refractivity contribution in [3.05, 3.63) is 95.6 Å². The van der Waals surface area contributed by atoms with E-state index in [2.05, 4.69) is 76.3 Å². The number of carboxylic acid groups (broad SMARTS) is 1. The monoisotopic (exact) mass is 554 g/mol. The lowest BCUT2D eigenvalue weighted by molar-refractivity contribution is 0.0696. The summed E-state index contributed by atoms with van der Waals surface area (Å²) in [4.78, 5) is 17.0. The first-order chi connectivity index (χ1) is 19.6. The predicted octanol–water partition coefficient (Wildman–Crippen LogP) is 6.88. The molecule has 3 aromatic rings. The highest BCUT2D eigenvalue weighted by Crippen LogP contribution is 2.38. The van der Waals surface area contributed by atoms with Crippen molar-refractivity contribution < 1.29 is 9.90 Å². The van der Waals surface area contributed by atoms with E-state index < -0.39 is 5.97 Å². The van der Waals surface area contributed by atoms with Gasteiger partial charge >= 0.3 is 5.97 Å². The van der Waals surface area contributed by atoms with Gasteiger partial charge in [0.15, 0.2) is 0 Å². The van der Waals surface area contributed by atoms with Crippen LogP contribution in [0.4, 0.5) is 11.4 Å². The van der Waals surface area contributed by atoms with Crippen LogP contribution >= 0.6 is 11.8 Å². The second kappa shape index (κ2) is 12.1. The number of hydrogen-bond acceptors (Lipinski definition) is 6. The minimum absolute atomic E-state index is 0.134. The molecule has 1 N–H and O–H groups in total. The number of nitrogens with zero attached hydrogens (tertiary/aromatic N) is 4. The third kappa shape index (κ3) is 5.63. The maximum absolute atomic E-state index is 11.8. The number of rotatable bonds is 7. The number of anilines is 2. The summed E-state index contributed by atoms with van der Waals surface area (Å²) in [5.41, 5.74) is 4.78. The quantitative estimate of drug-likeness (QED) is 0.343. The van der Waals surface area contributed by atoms with E-state index in [-0.39, 0.29) is 5.37 Å². The van der Waals surface area contributed by atoms with E-state index in [1.807, 2.05) is 12.1 Å². The van der Waals surface area contributed by atoms with E-state index in [1.54, 1.807) is 23.9 Å². The van der Waals surface area contributed by atoms with Gasteiger partial charge in [0, 0.05) is 43.5 Å². The molecule has 0 spiro atoms. The number of hydrogen-bond donors (Lipinski definition) is 1. The van der Waals surface area contributed by atoms with Gasteiger partial charge < -0.3 is 10.0 Å². The Morgan fingerprint density at radius 3 is 2.30 bits per heavy atom. The van der Waals surface area contributed by atoms with E-state index >= 15 is 0 Å². The standard InChI is InChI=1S/C33H38N4O2S/c1-2-31-37(34-32(40-31)29-13-6-7-14-30(29)33(38)39)28-12-8-11-27(23-28)36-21-19-35(20-22-36)26-17-15-25(16-18-26)24-9-4-3-5-10-24/h3-14,23,25-26,31H,2,15-22H2,1H3,(H,38,39). The molecular formula is C33H38N4O2S. The fourth-order valence-electron chi connectivity index (χ4n) is 6.50. The van der Waals surface area contributed by atoms with E-state index in [4.69, 9.17) is 5.10 Å². The lowest BCUT2D eigenvalue weighted by atomic mass is 9.81. The molecule has 7 heteroatoms. The topological polar surface area (TPSA) is 59.4 Å². The van der Waals surface area contributed by atoms with Gasteiger partial charge in [-0.2, -0.15) is 5.10 Å². The molecule has 1 saturated heterocycles. The van der Waals surface area contributed by atoms with Crippen LogP contribution in [0, 0.1) is 0 Å². The Morgan fingerprint density at radius 1 is 0.875 bits per heavy atom. The van der Waals surface area contributed by atoms with Crippen molar-refractivity contribution >= 4 is 34.1 Å². The predicted molar refractivity (Wildman–Crippen MR) is 166 cm³/mol. The van der Waals surface area contributed by atoms with E-state index in [9.17, 15) is 9.90 Å². The fraction of sp³-hybridized carbons (Fsp3) is 0.394. The number of carbonyl (C=O) groups is 1. The molecule has 0 amide bonds. The van der Waals surface area contributed by atoms with Crippen LogP contribution in [0.1, 0.15) is 66.4 Å². The van der Waals surface area contributed by atoms with E-state index in [0.29, 0.717) is 17.2 Å². The van der Waals surface area contributed by atoms with Gasteiger partial charge in [-0.05, 0) is 67.9 Å². The lowest BCUT2D eigenvalue weighted by Gasteiger charge is -2.43. The highest BCUT2D eigenvalue weighted by Gasteiger charge is 2.31. The summed E-state index contributed by atoms with van der Waals surface area (Å²) >= 11 is 1.65. The zero-order valence-corrected chi connectivity index (χ0v) is 24.0. The number of aromatic carboxylic acids is 1. The van der Waals surface area contributed by atoms with Crippen LogP contribution in [0.2, 0.25) is 0 Å². The van der Waals surface area contributed by atoms with Gasteiger partial charge in [0.05, 0.1) is 11.3 Å². The van der Waals surface area contributed by atoms with Crippen LogP contribution < -0.4 is 9.91 Å². The molecule has 3 aliphatic rings. The van der Waals surface area contributed by atoms with Gasteiger partial charge in [-0.3, -0.25) is 9.91 Å². The molecule has 2 heterocycles. The van der Waals surface area contributed by atoms with Gasteiger partial charge in [0.2, 0.25) is 0 Å². The van der Waals surface area contributed by atoms with Gasteiger partial charge in [-0.1, -0.05) is 73.3 Å². The zero-order valence-electron chi connectivity index (χ0n) is 23.2. The number of hydrazone groups is 1. The van der Waals surface area contributed by atoms with Gasteiger partial charge in [-0.15, -0.1) is 0 Å². The van der Waals surface area contributed by atoms with Crippen LogP contribution in [0.5, 0.6) is 0 Å². The number of thioether (sulfide) groups is 1. The molecule has 6 nitrogen and oxygen atoms in total. The first kappa shape index (κ1) is 26.9. The minimum atomic E-state index is -0.921. The maximum atomic E-state index is 11.8. The molecule has 2 aliphatic heterocycles. The molecule has 1 atom stereocenters. The van der Waals surface area contributed by atoms with Gasteiger partial charge in [0.1, 0.15) is 10.4 Å². The number of carboxylic acids is 1. The molecule has 40 heavy (non-hydrogen) atoms. The Labute approximate surface area is 241 Å². The third-order valence-corrected chi connectivity index (χ3v) is 10.0. The molecule has 1 saturated carbocycles. The fourth-order valence-corrected chi connectivity index (χ4v) is 7.63. The molecule has 0 bridgehead atoms. The van der Waals surface area contributed by atoms with Gasteiger partial charge in [0.25, 0.3) is 0 Å². The van der Waals surface area contributed by atoms with Crippen molar-refractivity contribution in [2.24, 2.45) is 5.10 Å². The smallest absolute Gasteiger partial charge is 0.336 e. The molecular weight excluding hydrogens is 516 g/mol. The Bertz CT molecular complexity index is 1350. The summed E-state index contributed by atoms with van der Waals surface area (Å²) in [5.74, 6) is -0.200. The Kier molecular flexibility index (Phi) is 8.12. The van der Waals surface area contributed by atoms with Crippen LogP contribution in [-0.4, -0.2) is 58.6 Å². The van der Waals surface area contributed by atoms with Crippen LogP contribution in [-0.2, 0) is 0 Å². The largest absolute Gasteiger partial charge is 0.478 e. The summed E-state index contributed by atoms with van der Waals surface area (Å²) in [6.45, 7) is 6.44. The zero-order chi connectivity index (χ0) is 27.5. The summed E-state index contributed by atoms with van der Waals surface area (Å²) < 4.78 is 0. The second-order valence-corrected chi connectivity index (χ2v) is 12.2. The maximum Gasteiger partial charge on any atom is 0.336 e. The first-order valence-corrected chi connectivity index (χ1v) is 15.5. The first-order valence-electron chi connectivity index (χ1n) is 14.6. The van der Waals surface area contributed by atoms with Gasteiger partial charge in [-0.25, -0.2) is 4.79 Å². The van der Waals surface area contributed by atoms with E-state index in [0.717, 1.165) is 49.2 Å². The average Bonchev–Trinajstić information content (AvgIpc) is 3.46. The number of benzene rings is 3. The SMILES string of the molecule is CCC1SC(c2ccccc2C(=O)O)=NN1c1cccc(N2CCN(C3CCC(c4ccccc4)CC3)CC2)c1. The van der Waals surface area contributed by atoms with Crippen LogP contribution in [0.25, 0.3) is 0 Å². The van der Waals surface area contributed by atoms with Crippen LogP contribution in [0.3, 0.4) is 0 Å². The Hall–Kier alpha value is -3.29. The molecule has 0 radical (unpaired) electrons. The van der Waals surface area contributed by atoms with Crippen molar-refractivity contribution in [3.63, 3.8) is 0 Å². The highest BCUT2D eigenvalue weighted by atomic mass is 32.2. The molecule has 2 fully saturated rings. The average molecular weight is 555 g/mol. The molecule has 1 aliphatic carbocycles.